The summed E-state index contributed by atoms with van der Waals surface area (Å²) in [5, 5.41) is 12.0. The topological polar surface area (TPSA) is 89.3 Å². The van der Waals surface area contributed by atoms with E-state index in [9.17, 15) is 9.90 Å². The van der Waals surface area contributed by atoms with E-state index in [-0.39, 0.29) is 35.0 Å². The van der Waals surface area contributed by atoms with E-state index in [4.69, 9.17) is 11.5 Å². The summed E-state index contributed by atoms with van der Waals surface area (Å²) in [4.78, 5) is 13.5. The molecule has 3 unspecified atom stereocenters. The zero-order chi connectivity index (χ0) is 20.9. The van der Waals surface area contributed by atoms with E-state index in [0.29, 0.717) is 25.8 Å². The van der Waals surface area contributed by atoms with Crippen molar-refractivity contribution in [2.75, 3.05) is 13.1 Å². The summed E-state index contributed by atoms with van der Waals surface area (Å²) in [6.45, 7) is 13.0. The summed E-state index contributed by atoms with van der Waals surface area (Å²) in [6.07, 6.45) is 1.50. The molecule has 0 fully saturated rings. The number of aryl methyl sites for hydroxylation is 1. The Morgan fingerprint density at radius 2 is 1.48 bits per heavy atom. The quantitative estimate of drug-likeness (QED) is 0.615. The molecule has 0 aliphatic rings. The lowest BCUT2D eigenvalue weighted by molar-refractivity contribution is -0.169. The molecule has 0 radical (unpaired) electrons. The molecule has 154 valence electrons. The molecule has 1 rings (SSSR count). The van der Waals surface area contributed by atoms with E-state index in [2.05, 4.69) is 20.8 Å². The molecule has 0 bridgehead atoms. The Morgan fingerprint density at radius 3 is 1.89 bits per heavy atom. The zero-order valence-electron chi connectivity index (χ0n) is 18.1. The van der Waals surface area contributed by atoms with Crippen LogP contribution in [0.3, 0.4) is 0 Å². The number of ketones is 1. The minimum atomic E-state index is -1.50. The average Bonchev–Trinajstić information content (AvgIpc) is 2.56. The summed E-state index contributed by atoms with van der Waals surface area (Å²) >= 11 is 0. The van der Waals surface area contributed by atoms with Gasteiger partial charge < -0.3 is 16.6 Å². The average molecular weight is 377 g/mol. The van der Waals surface area contributed by atoms with Crippen LogP contribution in [0.25, 0.3) is 0 Å². The maximum absolute atomic E-state index is 13.5. The Bertz CT molecular complexity index is 587. The Morgan fingerprint density at radius 1 is 0.963 bits per heavy atom. The van der Waals surface area contributed by atoms with Crippen molar-refractivity contribution < 1.29 is 9.90 Å². The Balaban J connectivity index is 3.32. The van der Waals surface area contributed by atoms with Crippen LogP contribution in [-0.2, 0) is 11.2 Å². The number of aliphatic hydroxyl groups is 1. The fraction of sp³-hybridized carbons (Fsp3) is 0.696. The highest BCUT2D eigenvalue weighted by Crippen LogP contribution is 2.47. The predicted octanol–water partition coefficient (Wildman–Crippen LogP) is 3.55. The normalized spacial score (nSPS) is 17.2. The highest BCUT2D eigenvalue weighted by molar-refractivity contribution is 5.88. The molecule has 0 saturated heterocycles. The molecule has 0 spiro atoms. The molecule has 4 nitrogen and oxygen atoms in total. The first-order chi connectivity index (χ1) is 12.4. The van der Waals surface area contributed by atoms with Crippen molar-refractivity contribution in [3.8, 4) is 0 Å². The third-order valence-corrected chi connectivity index (χ3v) is 5.77. The van der Waals surface area contributed by atoms with E-state index in [1.54, 1.807) is 0 Å². The third-order valence-electron chi connectivity index (χ3n) is 5.77. The van der Waals surface area contributed by atoms with Crippen molar-refractivity contribution in [3.63, 3.8) is 0 Å². The molecule has 3 atom stereocenters. The van der Waals surface area contributed by atoms with Crippen LogP contribution in [0, 0.1) is 22.7 Å². The molecule has 0 amide bonds. The van der Waals surface area contributed by atoms with Crippen LogP contribution in [0.5, 0.6) is 0 Å². The van der Waals surface area contributed by atoms with Crippen LogP contribution in [0.2, 0.25) is 0 Å². The summed E-state index contributed by atoms with van der Waals surface area (Å²) in [7, 11) is 0. The van der Waals surface area contributed by atoms with E-state index < -0.39 is 5.60 Å². The third kappa shape index (κ3) is 5.87. The number of hydrogen-bond donors (Lipinski definition) is 3. The summed E-state index contributed by atoms with van der Waals surface area (Å²) in [6, 6.07) is 9.92. The molecule has 0 aliphatic carbocycles. The summed E-state index contributed by atoms with van der Waals surface area (Å²) < 4.78 is 0. The van der Waals surface area contributed by atoms with Crippen molar-refractivity contribution in [1.29, 1.82) is 0 Å². The molecule has 5 N–H and O–H groups in total. The van der Waals surface area contributed by atoms with Gasteiger partial charge in [-0.25, -0.2) is 0 Å². The number of Topliss-reactive ketones (excluding diaryl/α,β-unsaturated/α-hetero) is 1. The van der Waals surface area contributed by atoms with Gasteiger partial charge in [0.15, 0.2) is 5.78 Å². The number of benzene rings is 1. The highest BCUT2D eigenvalue weighted by atomic mass is 16.3. The molecule has 1 aromatic rings. The zero-order valence-corrected chi connectivity index (χ0v) is 18.1. The van der Waals surface area contributed by atoms with Crippen LogP contribution < -0.4 is 11.5 Å². The van der Waals surface area contributed by atoms with E-state index in [1.807, 2.05) is 51.1 Å². The molecule has 0 heterocycles. The molecule has 1 aromatic carbocycles. The van der Waals surface area contributed by atoms with Crippen LogP contribution in [0.15, 0.2) is 30.3 Å². The minimum Gasteiger partial charge on any atom is -0.381 e. The first kappa shape index (κ1) is 23.8. The first-order valence-corrected chi connectivity index (χ1v) is 10.1. The van der Waals surface area contributed by atoms with Gasteiger partial charge in [-0.2, -0.15) is 0 Å². The standard InChI is InChI=1S/C23H40N2O2/c1-21(2,3)18(14-15-24)23(27,19(16-25)22(4,5)6)20(26)13-12-17-10-8-7-9-11-17/h7-11,18-19,27H,12-16,24-25H2,1-6H3. The largest absolute Gasteiger partial charge is 0.381 e. The maximum Gasteiger partial charge on any atom is 0.165 e. The van der Waals surface area contributed by atoms with E-state index in [0.717, 1.165) is 5.56 Å². The Hall–Kier alpha value is -1.23. The van der Waals surface area contributed by atoms with Crippen molar-refractivity contribution in [2.24, 2.45) is 34.1 Å². The van der Waals surface area contributed by atoms with Gasteiger partial charge in [-0.1, -0.05) is 71.9 Å². The van der Waals surface area contributed by atoms with Gasteiger partial charge in [0.2, 0.25) is 0 Å². The SMILES string of the molecule is CC(C)(C)C(CN)C(O)(C(=O)CCc1ccccc1)C(CCN)C(C)(C)C. The maximum atomic E-state index is 13.5. The van der Waals surface area contributed by atoms with Crippen molar-refractivity contribution in [2.45, 2.75) is 66.4 Å². The van der Waals surface area contributed by atoms with Gasteiger partial charge in [0.1, 0.15) is 5.60 Å². The second-order valence-electron chi connectivity index (χ2n) is 9.88. The first-order valence-electron chi connectivity index (χ1n) is 10.1. The molecule has 0 saturated carbocycles. The molecular formula is C23H40N2O2. The minimum absolute atomic E-state index is 0.120. The van der Waals surface area contributed by atoms with E-state index in [1.165, 1.54) is 0 Å². The van der Waals surface area contributed by atoms with Gasteiger partial charge in [-0.15, -0.1) is 0 Å². The number of hydrogen-bond acceptors (Lipinski definition) is 4. The smallest absolute Gasteiger partial charge is 0.165 e. The Labute approximate surface area is 165 Å². The van der Waals surface area contributed by atoms with Gasteiger partial charge >= 0.3 is 0 Å². The van der Waals surface area contributed by atoms with Crippen LogP contribution in [0.1, 0.15) is 59.9 Å². The fourth-order valence-electron chi connectivity index (χ4n) is 4.41. The fourth-order valence-corrected chi connectivity index (χ4v) is 4.41. The molecule has 27 heavy (non-hydrogen) atoms. The van der Waals surface area contributed by atoms with Crippen LogP contribution in [-0.4, -0.2) is 29.6 Å². The number of carbonyl (C=O) groups is 1. The number of carbonyl (C=O) groups excluding carboxylic acids is 1. The van der Waals surface area contributed by atoms with Gasteiger partial charge in [-0.3, -0.25) is 4.79 Å². The van der Waals surface area contributed by atoms with Crippen molar-refractivity contribution >= 4 is 5.78 Å². The predicted molar refractivity (Wildman–Crippen MR) is 113 cm³/mol. The number of rotatable bonds is 9. The van der Waals surface area contributed by atoms with Crippen LogP contribution in [0.4, 0.5) is 0 Å². The lowest BCUT2D eigenvalue weighted by Crippen LogP contribution is -2.61. The van der Waals surface area contributed by atoms with Gasteiger partial charge in [0.25, 0.3) is 0 Å². The van der Waals surface area contributed by atoms with Crippen LogP contribution >= 0.6 is 0 Å². The van der Waals surface area contributed by atoms with Crippen molar-refractivity contribution in [3.05, 3.63) is 35.9 Å². The summed E-state index contributed by atoms with van der Waals surface area (Å²) in [5.41, 5.74) is 11.0. The molecule has 0 aliphatic heterocycles. The molecule has 0 aromatic heterocycles. The van der Waals surface area contributed by atoms with E-state index >= 15 is 0 Å². The molecular weight excluding hydrogens is 336 g/mol. The van der Waals surface area contributed by atoms with Gasteiger partial charge in [0, 0.05) is 18.3 Å². The monoisotopic (exact) mass is 376 g/mol. The number of nitrogens with two attached hydrogens (primary N) is 2. The van der Waals surface area contributed by atoms with Gasteiger partial charge in [0.05, 0.1) is 0 Å². The summed E-state index contributed by atoms with van der Waals surface area (Å²) in [5.74, 6) is -0.722. The van der Waals surface area contributed by atoms with Gasteiger partial charge in [-0.05, 0) is 42.3 Å². The Kier molecular flexibility index (Phi) is 8.21. The second kappa shape index (κ2) is 9.31. The highest BCUT2D eigenvalue weighted by Gasteiger charge is 2.55. The lowest BCUT2D eigenvalue weighted by atomic mass is 9.57. The lowest BCUT2D eigenvalue weighted by Gasteiger charge is -2.50. The second-order valence-corrected chi connectivity index (χ2v) is 9.88. The molecule has 4 heteroatoms. The van der Waals surface area contributed by atoms with Crippen molar-refractivity contribution in [1.82, 2.24) is 0 Å².